The van der Waals surface area contributed by atoms with E-state index in [0.717, 1.165) is 30.4 Å². The Morgan fingerprint density at radius 2 is 2.11 bits per heavy atom. The maximum absolute atomic E-state index is 4.47. The van der Waals surface area contributed by atoms with Gasteiger partial charge < -0.3 is 10.6 Å². The second-order valence-corrected chi connectivity index (χ2v) is 4.30. The molecule has 1 aliphatic heterocycles. The Morgan fingerprint density at radius 3 is 2.78 bits per heavy atom. The van der Waals surface area contributed by atoms with Gasteiger partial charge in [-0.15, -0.1) is 0 Å². The first kappa shape index (κ1) is 11.0. The number of nitrogens with one attached hydrogen (secondary N) is 2. The van der Waals surface area contributed by atoms with Crippen LogP contribution in [-0.2, 0) is 0 Å². The third-order valence-electron chi connectivity index (χ3n) is 2.88. The summed E-state index contributed by atoms with van der Waals surface area (Å²) in [7, 11) is 0. The molecule has 1 saturated heterocycles. The van der Waals surface area contributed by atoms with Gasteiger partial charge in [0.2, 0.25) is 0 Å². The van der Waals surface area contributed by atoms with Crippen LogP contribution in [-0.4, -0.2) is 33.0 Å². The average Bonchev–Trinajstić information content (AvgIpc) is 2.27. The van der Waals surface area contributed by atoms with E-state index in [1.807, 2.05) is 13.0 Å². The lowest BCUT2D eigenvalue weighted by Gasteiger charge is -2.26. The fraction of sp³-hybridized carbons (Fsp3) is 0.333. The monoisotopic (exact) mass is 242 g/mol. The smallest absolute Gasteiger partial charge is 0.150 e. The molecule has 2 aromatic heterocycles. The molecule has 0 atom stereocenters. The topological polar surface area (TPSA) is 75.6 Å². The van der Waals surface area contributed by atoms with Crippen molar-refractivity contribution < 1.29 is 0 Å². The molecule has 92 valence electrons. The number of anilines is 2. The summed E-state index contributed by atoms with van der Waals surface area (Å²) in [4.78, 5) is 17.0. The molecule has 0 aliphatic carbocycles. The quantitative estimate of drug-likeness (QED) is 0.836. The van der Waals surface area contributed by atoms with Crippen molar-refractivity contribution in [3.63, 3.8) is 0 Å². The Bertz CT molecular complexity index is 538. The van der Waals surface area contributed by atoms with Crippen LogP contribution in [0.5, 0.6) is 0 Å². The van der Waals surface area contributed by atoms with Crippen LogP contribution >= 0.6 is 0 Å². The van der Waals surface area contributed by atoms with Crippen molar-refractivity contribution in [3.05, 3.63) is 36.2 Å². The van der Waals surface area contributed by atoms with Crippen molar-refractivity contribution in [2.45, 2.75) is 12.8 Å². The summed E-state index contributed by atoms with van der Waals surface area (Å²) in [5, 5.41) is 6.39. The van der Waals surface area contributed by atoms with Crippen LogP contribution in [0.4, 0.5) is 11.6 Å². The third kappa shape index (κ3) is 2.28. The Hall–Kier alpha value is -2.08. The zero-order chi connectivity index (χ0) is 12.4. The van der Waals surface area contributed by atoms with Crippen LogP contribution in [0, 0.1) is 6.92 Å². The highest BCUT2D eigenvalue weighted by Gasteiger charge is 2.21. The molecule has 0 bridgehead atoms. The fourth-order valence-electron chi connectivity index (χ4n) is 1.86. The number of rotatable bonds is 3. The van der Waals surface area contributed by atoms with Crippen LogP contribution in [0.25, 0.3) is 0 Å². The molecule has 3 rings (SSSR count). The first-order valence-electron chi connectivity index (χ1n) is 5.90. The van der Waals surface area contributed by atoms with E-state index in [0.29, 0.717) is 11.7 Å². The van der Waals surface area contributed by atoms with E-state index in [4.69, 9.17) is 0 Å². The molecule has 2 N–H and O–H groups in total. The summed E-state index contributed by atoms with van der Waals surface area (Å²) in [6, 6.07) is 1.98. The van der Waals surface area contributed by atoms with Gasteiger partial charge in [-0.3, -0.25) is 4.98 Å². The highest BCUT2D eigenvalue weighted by molar-refractivity contribution is 5.50. The standard InChI is InChI=1S/C12H14N6/c1-8-16-10(9-5-14-6-9)4-11(17-8)18-12-7-13-2-3-15-12/h2-4,7,9,14H,5-6H2,1H3,(H,15,16,17,18). The van der Waals surface area contributed by atoms with Gasteiger partial charge in [-0.05, 0) is 6.92 Å². The minimum atomic E-state index is 0.495. The number of hydrogen-bond acceptors (Lipinski definition) is 6. The molecule has 0 amide bonds. The minimum Gasteiger partial charge on any atom is -0.324 e. The SMILES string of the molecule is Cc1nc(Nc2cnccn2)cc(C2CNC2)n1. The lowest BCUT2D eigenvalue weighted by atomic mass is 9.99. The molecule has 0 saturated carbocycles. The van der Waals surface area contributed by atoms with E-state index >= 15 is 0 Å². The molecule has 0 aromatic carbocycles. The van der Waals surface area contributed by atoms with Crippen LogP contribution in [0.2, 0.25) is 0 Å². The molecule has 0 radical (unpaired) electrons. The summed E-state index contributed by atoms with van der Waals surface area (Å²) < 4.78 is 0. The molecular weight excluding hydrogens is 228 g/mol. The van der Waals surface area contributed by atoms with Gasteiger partial charge in [-0.1, -0.05) is 0 Å². The van der Waals surface area contributed by atoms with Gasteiger partial charge in [0.05, 0.1) is 11.9 Å². The first-order valence-corrected chi connectivity index (χ1v) is 5.90. The largest absolute Gasteiger partial charge is 0.324 e. The Balaban J connectivity index is 1.85. The highest BCUT2D eigenvalue weighted by Crippen LogP contribution is 2.21. The van der Waals surface area contributed by atoms with Gasteiger partial charge in [0.25, 0.3) is 0 Å². The molecule has 1 aliphatic rings. The van der Waals surface area contributed by atoms with Gasteiger partial charge in [0.15, 0.2) is 0 Å². The van der Waals surface area contributed by atoms with Crippen LogP contribution in [0.3, 0.4) is 0 Å². The fourth-order valence-corrected chi connectivity index (χ4v) is 1.86. The van der Waals surface area contributed by atoms with Crippen molar-refractivity contribution in [1.82, 2.24) is 25.3 Å². The third-order valence-corrected chi connectivity index (χ3v) is 2.88. The lowest BCUT2D eigenvalue weighted by molar-refractivity contribution is 0.438. The van der Waals surface area contributed by atoms with Crippen molar-refractivity contribution in [2.75, 3.05) is 18.4 Å². The molecule has 1 fully saturated rings. The molecule has 2 aromatic rings. The second kappa shape index (κ2) is 4.66. The number of hydrogen-bond donors (Lipinski definition) is 2. The summed E-state index contributed by atoms with van der Waals surface area (Å²) in [5.41, 5.74) is 1.08. The molecule has 18 heavy (non-hydrogen) atoms. The summed E-state index contributed by atoms with van der Waals surface area (Å²) in [5.74, 6) is 2.72. The molecule has 6 nitrogen and oxygen atoms in total. The molecule has 6 heteroatoms. The van der Waals surface area contributed by atoms with Gasteiger partial charge in [0.1, 0.15) is 17.5 Å². The van der Waals surface area contributed by atoms with Crippen LogP contribution in [0.1, 0.15) is 17.4 Å². The zero-order valence-electron chi connectivity index (χ0n) is 10.1. The Kier molecular flexibility index (Phi) is 2.85. The van der Waals surface area contributed by atoms with Gasteiger partial charge in [0, 0.05) is 37.5 Å². The molecule has 0 unspecified atom stereocenters. The first-order chi connectivity index (χ1) is 8.81. The maximum Gasteiger partial charge on any atom is 0.150 e. The number of aromatic nitrogens is 4. The van der Waals surface area contributed by atoms with E-state index in [9.17, 15) is 0 Å². The highest BCUT2D eigenvalue weighted by atomic mass is 15.1. The maximum atomic E-state index is 4.47. The second-order valence-electron chi connectivity index (χ2n) is 4.30. The summed E-state index contributed by atoms with van der Waals surface area (Å²) in [6.07, 6.45) is 4.96. The molecule has 3 heterocycles. The van der Waals surface area contributed by atoms with E-state index in [-0.39, 0.29) is 0 Å². The van der Waals surface area contributed by atoms with Gasteiger partial charge in [-0.25, -0.2) is 15.0 Å². The number of nitrogens with zero attached hydrogens (tertiary/aromatic N) is 4. The minimum absolute atomic E-state index is 0.495. The Morgan fingerprint density at radius 1 is 1.22 bits per heavy atom. The average molecular weight is 242 g/mol. The predicted molar refractivity (Wildman–Crippen MR) is 67.7 cm³/mol. The summed E-state index contributed by atoms with van der Waals surface area (Å²) >= 11 is 0. The van der Waals surface area contributed by atoms with E-state index < -0.39 is 0 Å². The normalized spacial score (nSPS) is 15.2. The zero-order valence-corrected chi connectivity index (χ0v) is 10.1. The molecular formula is C12H14N6. The Labute approximate surface area is 105 Å². The lowest BCUT2D eigenvalue weighted by Crippen LogP contribution is -2.40. The van der Waals surface area contributed by atoms with Crippen molar-refractivity contribution in [3.8, 4) is 0 Å². The van der Waals surface area contributed by atoms with E-state index in [1.165, 1.54) is 0 Å². The van der Waals surface area contributed by atoms with Crippen LogP contribution in [0.15, 0.2) is 24.7 Å². The van der Waals surface area contributed by atoms with Crippen molar-refractivity contribution >= 4 is 11.6 Å². The summed E-state index contributed by atoms with van der Waals surface area (Å²) in [6.45, 7) is 3.87. The van der Waals surface area contributed by atoms with Crippen molar-refractivity contribution in [2.24, 2.45) is 0 Å². The van der Waals surface area contributed by atoms with Crippen molar-refractivity contribution in [1.29, 1.82) is 0 Å². The van der Waals surface area contributed by atoms with E-state index in [1.54, 1.807) is 18.6 Å². The number of aryl methyl sites for hydroxylation is 1. The molecule has 0 spiro atoms. The predicted octanol–water partition coefficient (Wildman–Crippen LogP) is 1.01. The van der Waals surface area contributed by atoms with E-state index in [2.05, 4.69) is 30.6 Å². The van der Waals surface area contributed by atoms with Gasteiger partial charge in [-0.2, -0.15) is 0 Å². The van der Waals surface area contributed by atoms with Gasteiger partial charge >= 0.3 is 0 Å². The van der Waals surface area contributed by atoms with Crippen LogP contribution < -0.4 is 10.6 Å².